The van der Waals surface area contributed by atoms with Crippen LogP contribution in [-0.2, 0) is 24.3 Å². The van der Waals surface area contributed by atoms with Crippen molar-refractivity contribution in [3.63, 3.8) is 0 Å². The van der Waals surface area contributed by atoms with Crippen molar-refractivity contribution < 1.29 is 19.5 Å². The Morgan fingerprint density at radius 3 is 3.00 bits per heavy atom. The van der Waals surface area contributed by atoms with Crippen LogP contribution >= 0.6 is 15.9 Å². The van der Waals surface area contributed by atoms with Crippen LogP contribution in [0.3, 0.4) is 0 Å². The molecule has 3 heterocycles. The molecule has 0 radical (unpaired) electrons. The van der Waals surface area contributed by atoms with Gasteiger partial charge in [0.05, 0.1) is 25.4 Å². The minimum atomic E-state index is -0.551. The number of carbonyl (C=O) groups is 2. The number of amides is 3. The zero-order valence-electron chi connectivity index (χ0n) is 16.2. The van der Waals surface area contributed by atoms with Crippen LogP contribution in [0.2, 0.25) is 0 Å². The summed E-state index contributed by atoms with van der Waals surface area (Å²) in [6.45, 7) is 2.78. The topological polar surface area (TPSA) is 99.9 Å². The van der Waals surface area contributed by atoms with E-state index in [0.29, 0.717) is 18.7 Å². The molecule has 1 unspecified atom stereocenters. The molecule has 0 saturated heterocycles. The zero-order valence-corrected chi connectivity index (χ0v) is 17.8. The van der Waals surface area contributed by atoms with Crippen molar-refractivity contribution in [1.29, 1.82) is 0 Å². The first kappa shape index (κ1) is 19.9. The lowest BCUT2D eigenvalue weighted by molar-refractivity contribution is -0.159. The molecule has 4 rings (SSSR count). The summed E-state index contributed by atoms with van der Waals surface area (Å²) >= 11 is 3.42. The molecule has 0 fully saturated rings. The first-order chi connectivity index (χ1) is 13.9. The van der Waals surface area contributed by atoms with E-state index in [-0.39, 0.29) is 31.6 Å². The summed E-state index contributed by atoms with van der Waals surface area (Å²) in [6, 6.07) is 5.48. The Hall–Kier alpha value is -2.43. The lowest BCUT2D eigenvalue weighted by Crippen LogP contribution is -2.39. The van der Waals surface area contributed by atoms with Gasteiger partial charge in [0.2, 0.25) is 0 Å². The number of fused-ring (bicyclic) bond motifs is 3. The Bertz CT molecular complexity index is 976. The number of hydrogen-bond donors (Lipinski definition) is 2. The van der Waals surface area contributed by atoms with Crippen molar-refractivity contribution >= 4 is 33.6 Å². The number of nitrogens with zero attached hydrogens (tertiary/aromatic N) is 4. The number of aromatic nitrogens is 2. The molecule has 1 atom stereocenters. The average Bonchev–Trinajstić information content (AvgIpc) is 3.00. The second-order valence-corrected chi connectivity index (χ2v) is 8.15. The molecule has 2 N–H and O–H groups in total. The number of hydroxylamine groups is 2. The van der Waals surface area contributed by atoms with Crippen molar-refractivity contribution in [2.24, 2.45) is 0 Å². The first-order valence-electron chi connectivity index (χ1n) is 9.33. The summed E-state index contributed by atoms with van der Waals surface area (Å²) in [5, 5.41) is 18.1. The summed E-state index contributed by atoms with van der Waals surface area (Å²) in [5.74, 6) is -0.334. The smallest absolute Gasteiger partial charge is 0.322 e. The molecule has 2 aromatic rings. The highest BCUT2D eigenvalue weighted by Gasteiger charge is 2.35. The highest BCUT2D eigenvalue weighted by molar-refractivity contribution is 9.10. The van der Waals surface area contributed by atoms with Crippen LogP contribution in [0, 0.1) is 6.92 Å². The average molecular weight is 464 g/mol. The molecule has 10 heteroatoms. The van der Waals surface area contributed by atoms with Crippen LogP contribution < -0.4 is 5.32 Å². The maximum absolute atomic E-state index is 12.9. The largest absolute Gasteiger partial charge is 0.393 e. The van der Waals surface area contributed by atoms with Crippen LogP contribution in [0.25, 0.3) is 0 Å². The highest BCUT2D eigenvalue weighted by atomic mass is 79.9. The van der Waals surface area contributed by atoms with E-state index in [4.69, 9.17) is 4.84 Å². The number of hydrogen-bond acceptors (Lipinski definition) is 5. The number of anilines is 1. The normalized spacial score (nSPS) is 18.9. The second-order valence-electron chi connectivity index (χ2n) is 7.23. The molecule has 3 amide bonds. The fraction of sp³-hybridized carbons (Fsp3) is 0.421. The molecular formula is C19H22BrN5O4. The van der Waals surface area contributed by atoms with Gasteiger partial charge in [-0.25, -0.2) is 9.86 Å². The number of benzene rings is 1. The number of rotatable bonds is 2. The second kappa shape index (κ2) is 7.77. The number of halogens is 1. The summed E-state index contributed by atoms with van der Waals surface area (Å²) in [6.07, 6.45) is 0.00690. The van der Waals surface area contributed by atoms with Gasteiger partial charge in [0.1, 0.15) is 11.8 Å². The molecular weight excluding hydrogens is 442 g/mol. The third kappa shape index (κ3) is 3.75. The van der Waals surface area contributed by atoms with Crippen LogP contribution in [0.4, 0.5) is 10.5 Å². The zero-order chi connectivity index (χ0) is 20.7. The van der Waals surface area contributed by atoms with Crippen LogP contribution in [0.1, 0.15) is 27.3 Å². The molecule has 2 aliphatic rings. The van der Waals surface area contributed by atoms with Crippen LogP contribution in [0.5, 0.6) is 0 Å². The van der Waals surface area contributed by atoms with Gasteiger partial charge >= 0.3 is 6.03 Å². The highest BCUT2D eigenvalue weighted by Crippen LogP contribution is 2.27. The number of urea groups is 1. The fourth-order valence-corrected chi connectivity index (χ4v) is 3.99. The van der Waals surface area contributed by atoms with Gasteiger partial charge in [-0.2, -0.15) is 5.10 Å². The molecule has 0 aliphatic carbocycles. The first-order valence-corrected chi connectivity index (χ1v) is 10.1. The molecule has 154 valence electrons. The number of aliphatic hydroxyl groups excluding tert-OH is 1. The van der Waals surface area contributed by atoms with Gasteiger partial charge in [-0.05, 0) is 24.6 Å². The van der Waals surface area contributed by atoms with E-state index in [0.717, 1.165) is 32.0 Å². The Kier molecular flexibility index (Phi) is 5.32. The van der Waals surface area contributed by atoms with Crippen LogP contribution in [-0.4, -0.2) is 63.1 Å². The SMILES string of the molecule is Cc1ccc(Br)cc1NC(=O)N1CCc2nn3c(c2C1)C(=O)N(C)OC(CO)C3. The Morgan fingerprint density at radius 2 is 2.24 bits per heavy atom. The van der Waals surface area contributed by atoms with E-state index >= 15 is 0 Å². The van der Waals surface area contributed by atoms with E-state index in [1.807, 2.05) is 25.1 Å². The van der Waals surface area contributed by atoms with Crippen molar-refractivity contribution in [3.05, 3.63) is 45.2 Å². The van der Waals surface area contributed by atoms with Gasteiger partial charge in [-0.1, -0.05) is 22.0 Å². The maximum atomic E-state index is 12.9. The Morgan fingerprint density at radius 1 is 1.45 bits per heavy atom. The molecule has 0 spiro atoms. The van der Waals surface area contributed by atoms with Crippen molar-refractivity contribution in [2.75, 3.05) is 25.5 Å². The van der Waals surface area contributed by atoms with Gasteiger partial charge in [0.15, 0.2) is 0 Å². The molecule has 0 saturated carbocycles. The molecule has 2 aliphatic heterocycles. The Labute approximate surface area is 176 Å². The molecule has 29 heavy (non-hydrogen) atoms. The Balaban J connectivity index is 1.59. The number of carbonyl (C=O) groups excluding carboxylic acids is 2. The fourth-order valence-electron chi connectivity index (χ4n) is 3.63. The lowest BCUT2D eigenvalue weighted by Gasteiger charge is -2.27. The van der Waals surface area contributed by atoms with Gasteiger partial charge in [-0.15, -0.1) is 0 Å². The summed E-state index contributed by atoms with van der Waals surface area (Å²) in [7, 11) is 1.52. The molecule has 9 nitrogen and oxygen atoms in total. The summed E-state index contributed by atoms with van der Waals surface area (Å²) < 4.78 is 2.48. The summed E-state index contributed by atoms with van der Waals surface area (Å²) in [5.41, 5.74) is 3.65. The molecule has 1 aromatic heterocycles. The molecule has 0 bridgehead atoms. The quantitative estimate of drug-likeness (QED) is 0.708. The van der Waals surface area contributed by atoms with E-state index < -0.39 is 6.10 Å². The minimum Gasteiger partial charge on any atom is -0.393 e. The minimum absolute atomic E-state index is 0.220. The van der Waals surface area contributed by atoms with Gasteiger partial charge in [-0.3, -0.25) is 14.3 Å². The van der Waals surface area contributed by atoms with E-state index in [1.165, 1.54) is 7.05 Å². The van der Waals surface area contributed by atoms with Gasteiger partial charge in [0, 0.05) is 35.7 Å². The maximum Gasteiger partial charge on any atom is 0.322 e. The predicted molar refractivity (Wildman–Crippen MR) is 108 cm³/mol. The van der Waals surface area contributed by atoms with E-state index in [1.54, 1.807) is 9.58 Å². The van der Waals surface area contributed by atoms with E-state index in [9.17, 15) is 14.7 Å². The monoisotopic (exact) mass is 463 g/mol. The number of aliphatic hydroxyl groups is 1. The van der Waals surface area contributed by atoms with Gasteiger partial charge in [0.25, 0.3) is 5.91 Å². The van der Waals surface area contributed by atoms with Crippen molar-refractivity contribution in [1.82, 2.24) is 19.7 Å². The van der Waals surface area contributed by atoms with Gasteiger partial charge < -0.3 is 15.3 Å². The van der Waals surface area contributed by atoms with Crippen molar-refractivity contribution in [2.45, 2.75) is 32.5 Å². The molecule has 1 aromatic carbocycles. The van der Waals surface area contributed by atoms with E-state index in [2.05, 4.69) is 26.3 Å². The lowest BCUT2D eigenvalue weighted by atomic mass is 10.0. The van der Waals surface area contributed by atoms with Crippen LogP contribution in [0.15, 0.2) is 22.7 Å². The summed E-state index contributed by atoms with van der Waals surface area (Å²) in [4.78, 5) is 32.8. The number of nitrogens with one attached hydrogen (secondary N) is 1. The van der Waals surface area contributed by atoms with Crippen molar-refractivity contribution in [3.8, 4) is 0 Å². The third-order valence-electron chi connectivity index (χ3n) is 5.21. The number of aryl methyl sites for hydroxylation is 1. The standard InChI is InChI=1S/C19H22BrN5O4/c1-11-3-4-12(20)7-16(11)21-19(28)24-6-5-15-14(9-24)17-18(27)23(2)29-13(10-26)8-25(17)22-15/h3-4,7,13,26H,5-6,8-10H2,1-2H3,(H,21,28). The predicted octanol–water partition coefficient (Wildman–Crippen LogP) is 1.92. The third-order valence-corrected chi connectivity index (χ3v) is 5.70.